The second kappa shape index (κ2) is 6.21. The molecule has 2 aromatic rings. The number of nitrogens with zero attached hydrogens (tertiary/aromatic N) is 1. The van der Waals surface area contributed by atoms with Gasteiger partial charge in [-0.15, -0.1) is 0 Å². The molecule has 0 saturated heterocycles. The van der Waals surface area contributed by atoms with E-state index in [1.807, 2.05) is 6.92 Å². The highest BCUT2D eigenvalue weighted by molar-refractivity contribution is 5.94. The van der Waals surface area contributed by atoms with Crippen molar-refractivity contribution >= 4 is 17.5 Å². The SMILES string of the molecule is Cc1cc(F)ccc1CCNc1ncc(N)cc1C(=O)O. The number of anilines is 2. The number of carbonyl (C=O) groups is 1. The van der Waals surface area contributed by atoms with E-state index in [0.29, 0.717) is 18.7 Å². The van der Waals surface area contributed by atoms with Crippen LogP contribution in [0.2, 0.25) is 0 Å². The first kappa shape index (κ1) is 14.8. The summed E-state index contributed by atoms with van der Waals surface area (Å²) in [5.41, 5.74) is 7.72. The normalized spacial score (nSPS) is 10.4. The van der Waals surface area contributed by atoms with E-state index in [1.165, 1.54) is 24.4 Å². The number of hydrogen-bond acceptors (Lipinski definition) is 4. The van der Waals surface area contributed by atoms with Gasteiger partial charge in [0.2, 0.25) is 0 Å². The average Bonchev–Trinajstić information content (AvgIpc) is 2.42. The summed E-state index contributed by atoms with van der Waals surface area (Å²) in [5, 5.41) is 12.1. The zero-order valence-electron chi connectivity index (χ0n) is 11.6. The van der Waals surface area contributed by atoms with Crippen molar-refractivity contribution < 1.29 is 14.3 Å². The van der Waals surface area contributed by atoms with Gasteiger partial charge < -0.3 is 16.2 Å². The maximum atomic E-state index is 13.0. The summed E-state index contributed by atoms with van der Waals surface area (Å²) in [6.45, 7) is 2.33. The Morgan fingerprint density at radius 1 is 1.43 bits per heavy atom. The van der Waals surface area contributed by atoms with Gasteiger partial charge in [-0.05, 0) is 42.7 Å². The molecule has 1 aromatic carbocycles. The second-order valence-electron chi connectivity index (χ2n) is 4.72. The van der Waals surface area contributed by atoms with E-state index in [1.54, 1.807) is 6.07 Å². The van der Waals surface area contributed by atoms with Crippen molar-refractivity contribution in [2.24, 2.45) is 0 Å². The van der Waals surface area contributed by atoms with Gasteiger partial charge in [0.1, 0.15) is 17.2 Å². The minimum atomic E-state index is -1.09. The molecule has 6 heteroatoms. The van der Waals surface area contributed by atoms with E-state index in [9.17, 15) is 9.18 Å². The topological polar surface area (TPSA) is 88.2 Å². The third-order valence-electron chi connectivity index (χ3n) is 3.13. The first-order valence-corrected chi connectivity index (χ1v) is 6.45. The van der Waals surface area contributed by atoms with Crippen LogP contribution in [0.1, 0.15) is 21.5 Å². The lowest BCUT2D eigenvalue weighted by Crippen LogP contribution is -2.12. The minimum absolute atomic E-state index is 0.0332. The van der Waals surface area contributed by atoms with Crippen LogP contribution in [-0.4, -0.2) is 22.6 Å². The van der Waals surface area contributed by atoms with E-state index >= 15 is 0 Å². The van der Waals surface area contributed by atoms with E-state index in [4.69, 9.17) is 10.8 Å². The van der Waals surface area contributed by atoms with Gasteiger partial charge in [-0.3, -0.25) is 0 Å². The van der Waals surface area contributed by atoms with Crippen LogP contribution in [0.15, 0.2) is 30.5 Å². The Labute approximate surface area is 121 Å². The predicted octanol–water partition coefficient (Wildman–Crippen LogP) is 2.46. The van der Waals surface area contributed by atoms with Crippen LogP contribution in [0, 0.1) is 12.7 Å². The maximum absolute atomic E-state index is 13.0. The average molecular weight is 289 g/mol. The Balaban J connectivity index is 2.05. The molecule has 4 N–H and O–H groups in total. The van der Waals surface area contributed by atoms with Crippen LogP contribution in [-0.2, 0) is 6.42 Å². The van der Waals surface area contributed by atoms with Gasteiger partial charge in [0.15, 0.2) is 0 Å². The number of aryl methyl sites for hydroxylation is 1. The van der Waals surface area contributed by atoms with Crippen molar-refractivity contribution in [2.45, 2.75) is 13.3 Å². The number of benzene rings is 1. The molecule has 1 heterocycles. The van der Waals surface area contributed by atoms with Crippen LogP contribution in [0.3, 0.4) is 0 Å². The summed E-state index contributed by atoms with van der Waals surface area (Å²) in [6.07, 6.45) is 2.04. The van der Waals surface area contributed by atoms with Crippen molar-refractivity contribution in [2.75, 3.05) is 17.6 Å². The van der Waals surface area contributed by atoms with Crippen molar-refractivity contribution in [3.63, 3.8) is 0 Å². The molecule has 21 heavy (non-hydrogen) atoms. The molecule has 5 nitrogen and oxygen atoms in total. The van der Waals surface area contributed by atoms with Crippen molar-refractivity contribution in [1.29, 1.82) is 0 Å². The molecule has 0 aliphatic rings. The van der Waals surface area contributed by atoms with Gasteiger partial charge in [0, 0.05) is 6.54 Å². The molecule has 0 radical (unpaired) electrons. The quantitative estimate of drug-likeness (QED) is 0.787. The van der Waals surface area contributed by atoms with Crippen LogP contribution in [0.5, 0.6) is 0 Å². The highest BCUT2D eigenvalue weighted by atomic mass is 19.1. The molecule has 0 atom stereocenters. The van der Waals surface area contributed by atoms with Gasteiger partial charge in [-0.1, -0.05) is 6.07 Å². The van der Waals surface area contributed by atoms with Crippen LogP contribution in [0.4, 0.5) is 15.9 Å². The van der Waals surface area contributed by atoms with E-state index in [0.717, 1.165) is 11.1 Å². The first-order chi connectivity index (χ1) is 9.97. The number of aromatic carboxylic acids is 1. The molecule has 0 spiro atoms. The number of carboxylic acids is 1. The second-order valence-corrected chi connectivity index (χ2v) is 4.72. The lowest BCUT2D eigenvalue weighted by molar-refractivity contribution is 0.0697. The number of aromatic nitrogens is 1. The summed E-state index contributed by atoms with van der Waals surface area (Å²) in [6, 6.07) is 5.97. The Morgan fingerprint density at radius 3 is 2.86 bits per heavy atom. The molecule has 0 aliphatic heterocycles. The molecule has 0 amide bonds. The lowest BCUT2D eigenvalue weighted by atomic mass is 10.1. The molecule has 1 aromatic heterocycles. The highest BCUT2D eigenvalue weighted by Crippen LogP contribution is 2.16. The molecule has 0 aliphatic carbocycles. The molecular weight excluding hydrogens is 273 g/mol. The fraction of sp³-hybridized carbons (Fsp3) is 0.200. The van der Waals surface area contributed by atoms with Crippen molar-refractivity contribution in [1.82, 2.24) is 4.98 Å². The number of pyridine rings is 1. The third kappa shape index (κ3) is 3.68. The van der Waals surface area contributed by atoms with E-state index in [2.05, 4.69) is 10.3 Å². The first-order valence-electron chi connectivity index (χ1n) is 6.45. The van der Waals surface area contributed by atoms with Crippen molar-refractivity contribution in [3.8, 4) is 0 Å². The van der Waals surface area contributed by atoms with Gasteiger partial charge in [0.05, 0.1) is 11.9 Å². The summed E-state index contributed by atoms with van der Waals surface area (Å²) < 4.78 is 13.0. The summed E-state index contributed by atoms with van der Waals surface area (Å²) in [5.74, 6) is -1.08. The van der Waals surface area contributed by atoms with Gasteiger partial charge >= 0.3 is 5.97 Å². The zero-order valence-corrected chi connectivity index (χ0v) is 11.6. The Hall–Kier alpha value is -2.63. The van der Waals surface area contributed by atoms with Crippen LogP contribution < -0.4 is 11.1 Å². The Bertz CT molecular complexity index is 674. The monoisotopic (exact) mass is 289 g/mol. The zero-order chi connectivity index (χ0) is 15.4. The molecular formula is C15H16FN3O2. The molecule has 110 valence electrons. The van der Waals surface area contributed by atoms with Gasteiger partial charge in [-0.2, -0.15) is 0 Å². The number of nitrogens with one attached hydrogen (secondary N) is 1. The van der Waals surface area contributed by atoms with Crippen molar-refractivity contribution in [3.05, 3.63) is 53.0 Å². The highest BCUT2D eigenvalue weighted by Gasteiger charge is 2.11. The number of nitrogens with two attached hydrogens (primary N) is 1. The summed E-state index contributed by atoms with van der Waals surface area (Å²) >= 11 is 0. The number of halogens is 1. The minimum Gasteiger partial charge on any atom is -0.478 e. The summed E-state index contributed by atoms with van der Waals surface area (Å²) in [7, 11) is 0. The molecule has 2 rings (SSSR count). The number of carboxylic acid groups (broad SMARTS) is 1. The summed E-state index contributed by atoms with van der Waals surface area (Å²) in [4.78, 5) is 15.1. The van der Waals surface area contributed by atoms with E-state index in [-0.39, 0.29) is 17.2 Å². The standard InChI is InChI=1S/C15H16FN3O2/c1-9-6-11(16)3-2-10(9)4-5-18-14-13(15(20)21)7-12(17)8-19-14/h2-3,6-8H,4-5,17H2,1H3,(H,18,19)(H,20,21). The van der Waals surface area contributed by atoms with Gasteiger partial charge in [-0.25, -0.2) is 14.2 Å². The largest absolute Gasteiger partial charge is 0.478 e. The van der Waals surface area contributed by atoms with Crippen LogP contribution >= 0.6 is 0 Å². The molecule has 0 saturated carbocycles. The molecule has 0 bridgehead atoms. The Kier molecular flexibility index (Phi) is 4.37. The molecule has 0 fully saturated rings. The van der Waals surface area contributed by atoms with Crippen LogP contribution in [0.25, 0.3) is 0 Å². The number of nitrogen functional groups attached to an aromatic ring is 1. The number of hydrogen-bond donors (Lipinski definition) is 3. The fourth-order valence-electron chi connectivity index (χ4n) is 2.04. The number of rotatable bonds is 5. The fourth-order valence-corrected chi connectivity index (χ4v) is 2.04. The van der Waals surface area contributed by atoms with E-state index < -0.39 is 5.97 Å². The molecule has 0 unspecified atom stereocenters. The maximum Gasteiger partial charge on any atom is 0.339 e. The lowest BCUT2D eigenvalue weighted by Gasteiger charge is -2.10. The van der Waals surface area contributed by atoms with Gasteiger partial charge in [0.25, 0.3) is 0 Å². The Morgan fingerprint density at radius 2 is 2.19 bits per heavy atom. The predicted molar refractivity (Wildman–Crippen MR) is 78.9 cm³/mol. The third-order valence-corrected chi connectivity index (χ3v) is 3.13. The smallest absolute Gasteiger partial charge is 0.339 e.